The number of hydrogen-bond acceptors (Lipinski definition) is 2. The minimum atomic E-state index is -0.327. The SMILES string of the molecule is CC(C)C(C#N)NC(=O)C1CC2CCC1C2. The number of fused-ring (bicyclic) bond motifs is 2. The smallest absolute Gasteiger partial charge is 0.224 e. The van der Waals surface area contributed by atoms with Gasteiger partial charge in [0.25, 0.3) is 0 Å². The summed E-state index contributed by atoms with van der Waals surface area (Å²) in [6, 6.07) is 1.84. The molecule has 0 heterocycles. The van der Waals surface area contributed by atoms with Crippen molar-refractivity contribution in [3.8, 4) is 6.07 Å². The Labute approximate surface area is 97.2 Å². The second kappa shape index (κ2) is 4.45. The first-order valence-corrected chi connectivity index (χ1v) is 6.31. The third-order valence-electron chi connectivity index (χ3n) is 4.18. The number of nitrogens with one attached hydrogen (secondary N) is 1. The van der Waals surface area contributed by atoms with E-state index < -0.39 is 0 Å². The predicted molar refractivity (Wildman–Crippen MR) is 61.3 cm³/mol. The van der Waals surface area contributed by atoms with Gasteiger partial charge in [0.1, 0.15) is 6.04 Å². The zero-order chi connectivity index (χ0) is 11.7. The molecule has 0 aromatic rings. The lowest BCUT2D eigenvalue weighted by Crippen LogP contribution is -2.42. The second-order valence-corrected chi connectivity index (χ2v) is 5.64. The molecule has 1 N–H and O–H groups in total. The molecular weight excluding hydrogens is 200 g/mol. The van der Waals surface area contributed by atoms with Crippen LogP contribution in [0.4, 0.5) is 0 Å². The molecule has 2 saturated carbocycles. The van der Waals surface area contributed by atoms with Crippen molar-refractivity contribution in [2.75, 3.05) is 0 Å². The van der Waals surface area contributed by atoms with Crippen LogP contribution in [0.3, 0.4) is 0 Å². The number of carbonyl (C=O) groups is 1. The highest BCUT2D eigenvalue weighted by Gasteiger charge is 2.43. The Hall–Kier alpha value is -1.04. The van der Waals surface area contributed by atoms with Crippen molar-refractivity contribution in [2.24, 2.45) is 23.7 Å². The fraction of sp³-hybridized carbons (Fsp3) is 0.846. The Kier molecular flexibility index (Phi) is 3.18. The monoisotopic (exact) mass is 220 g/mol. The molecule has 3 heteroatoms. The lowest BCUT2D eigenvalue weighted by atomic mass is 9.88. The van der Waals surface area contributed by atoms with Crippen LogP contribution in [0.25, 0.3) is 0 Å². The van der Waals surface area contributed by atoms with Gasteiger partial charge < -0.3 is 5.32 Å². The van der Waals surface area contributed by atoms with Gasteiger partial charge in [-0.3, -0.25) is 4.79 Å². The summed E-state index contributed by atoms with van der Waals surface area (Å²) in [6.45, 7) is 3.93. The van der Waals surface area contributed by atoms with Gasteiger partial charge in [-0.1, -0.05) is 20.3 Å². The van der Waals surface area contributed by atoms with Crippen LogP contribution >= 0.6 is 0 Å². The Morgan fingerprint density at radius 3 is 2.56 bits per heavy atom. The molecule has 0 aromatic heterocycles. The number of amides is 1. The number of hydrogen-bond donors (Lipinski definition) is 1. The van der Waals surface area contributed by atoms with E-state index in [0.29, 0.717) is 5.92 Å². The number of carbonyl (C=O) groups excluding carboxylic acids is 1. The van der Waals surface area contributed by atoms with Gasteiger partial charge in [0.05, 0.1) is 6.07 Å². The third-order valence-corrected chi connectivity index (χ3v) is 4.18. The molecule has 3 nitrogen and oxygen atoms in total. The molecule has 2 aliphatic carbocycles. The zero-order valence-corrected chi connectivity index (χ0v) is 10.1. The van der Waals surface area contributed by atoms with E-state index in [9.17, 15) is 4.79 Å². The van der Waals surface area contributed by atoms with Crippen LogP contribution in [0, 0.1) is 35.0 Å². The average molecular weight is 220 g/mol. The lowest BCUT2D eigenvalue weighted by molar-refractivity contribution is -0.127. The molecule has 2 fully saturated rings. The van der Waals surface area contributed by atoms with Gasteiger partial charge in [-0.25, -0.2) is 0 Å². The largest absolute Gasteiger partial charge is 0.340 e. The number of nitrogens with zero attached hydrogens (tertiary/aromatic N) is 1. The van der Waals surface area contributed by atoms with Gasteiger partial charge in [-0.05, 0) is 37.0 Å². The molecule has 1 amide bonds. The van der Waals surface area contributed by atoms with Crippen LogP contribution in [0.1, 0.15) is 39.5 Å². The van der Waals surface area contributed by atoms with E-state index in [2.05, 4.69) is 11.4 Å². The van der Waals surface area contributed by atoms with Crippen LogP contribution < -0.4 is 5.32 Å². The van der Waals surface area contributed by atoms with Crippen molar-refractivity contribution in [3.05, 3.63) is 0 Å². The molecule has 0 aliphatic heterocycles. The van der Waals surface area contributed by atoms with Crippen molar-refractivity contribution >= 4 is 5.91 Å². The maximum absolute atomic E-state index is 12.0. The van der Waals surface area contributed by atoms with Crippen LogP contribution in [0.2, 0.25) is 0 Å². The van der Waals surface area contributed by atoms with Gasteiger partial charge in [0.15, 0.2) is 0 Å². The first-order chi connectivity index (χ1) is 7.61. The zero-order valence-electron chi connectivity index (χ0n) is 10.1. The molecule has 0 spiro atoms. The molecular formula is C13H20N2O. The summed E-state index contributed by atoms with van der Waals surface area (Å²) < 4.78 is 0. The van der Waals surface area contributed by atoms with E-state index in [0.717, 1.165) is 12.3 Å². The van der Waals surface area contributed by atoms with E-state index >= 15 is 0 Å². The Balaban J connectivity index is 1.91. The van der Waals surface area contributed by atoms with Gasteiger partial charge in [-0.2, -0.15) is 5.26 Å². The summed E-state index contributed by atoms with van der Waals surface area (Å²) >= 11 is 0. The summed E-state index contributed by atoms with van der Waals surface area (Å²) in [6.07, 6.45) is 4.80. The summed E-state index contributed by atoms with van der Waals surface area (Å²) in [5.41, 5.74) is 0. The van der Waals surface area contributed by atoms with Crippen LogP contribution in [-0.4, -0.2) is 11.9 Å². The second-order valence-electron chi connectivity index (χ2n) is 5.64. The highest BCUT2D eigenvalue weighted by Crippen LogP contribution is 2.48. The summed E-state index contributed by atoms with van der Waals surface area (Å²) in [4.78, 5) is 12.0. The van der Waals surface area contributed by atoms with Gasteiger partial charge in [0, 0.05) is 5.92 Å². The minimum Gasteiger partial charge on any atom is -0.340 e. The maximum Gasteiger partial charge on any atom is 0.224 e. The van der Waals surface area contributed by atoms with Crippen molar-refractivity contribution in [1.82, 2.24) is 5.32 Å². The van der Waals surface area contributed by atoms with Crippen molar-refractivity contribution < 1.29 is 4.79 Å². The third kappa shape index (κ3) is 2.07. The minimum absolute atomic E-state index is 0.118. The van der Waals surface area contributed by atoms with Crippen molar-refractivity contribution in [2.45, 2.75) is 45.6 Å². The topological polar surface area (TPSA) is 52.9 Å². The molecule has 4 unspecified atom stereocenters. The molecule has 0 aromatic carbocycles. The van der Waals surface area contributed by atoms with Crippen LogP contribution in [0.5, 0.6) is 0 Å². The van der Waals surface area contributed by atoms with E-state index in [-0.39, 0.29) is 23.8 Å². The first-order valence-electron chi connectivity index (χ1n) is 6.31. The van der Waals surface area contributed by atoms with E-state index in [1.165, 1.54) is 19.3 Å². The summed E-state index contributed by atoms with van der Waals surface area (Å²) in [5, 5.41) is 11.8. The molecule has 2 rings (SSSR count). The quantitative estimate of drug-likeness (QED) is 0.791. The van der Waals surface area contributed by atoms with Gasteiger partial charge in [-0.15, -0.1) is 0 Å². The molecule has 4 atom stereocenters. The Morgan fingerprint density at radius 2 is 2.12 bits per heavy atom. The van der Waals surface area contributed by atoms with Crippen LogP contribution in [-0.2, 0) is 4.79 Å². The molecule has 88 valence electrons. The Bertz CT molecular complexity index is 318. The molecule has 2 bridgehead atoms. The van der Waals surface area contributed by atoms with E-state index in [1.54, 1.807) is 0 Å². The van der Waals surface area contributed by atoms with E-state index in [1.807, 2.05) is 13.8 Å². The first kappa shape index (κ1) is 11.4. The maximum atomic E-state index is 12.0. The predicted octanol–water partition coefficient (Wildman–Crippen LogP) is 2.09. The molecule has 16 heavy (non-hydrogen) atoms. The normalized spacial score (nSPS) is 33.8. The highest BCUT2D eigenvalue weighted by atomic mass is 16.2. The Morgan fingerprint density at radius 1 is 1.38 bits per heavy atom. The average Bonchev–Trinajstić information content (AvgIpc) is 2.86. The fourth-order valence-corrected chi connectivity index (χ4v) is 3.17. The standard InChI is InChI=1S/C13H20N2O/c1-8(2)12(7-14)15-13(16)11-6-9-3-4-10(11)5-9/h8-12H,3-6H2,1-2H3,(H,15,16). The molecule has 0 radical (unpaired) electrons. The lowest BCUT2D eigenvalue weighted by Gasteiger charge is -2.23. The number of nitriles is 1. The fourth-order valence-electron chi connectivity index (χ4n) is 3.17. The van der Waals surface area contributed by atoms with Crippen LogP contribution in [0.15, 0.2) is 0 Å². The van der Waals surface area contributed by atoms with Gasteiger partial charge >= 0.3 is 0 Å². The van der Waals surface area contributed by atoms with E-state index in [4.69, 9.17) is 5.26 Å². The van der Waals surface area contributed by atoms with Crippen molar-refractivity contribution in [3.63, 3.8) is 0 Å². The highest BCUT2D eigenvalue weighted by molar-refractivity contribution is 5.80. The number of rotatable bonds is 3. The van der Waals surface area contributed by atoms with Crippen molar-refractivity contribution in [1.29, 1.82) is 5.26 Å². The van der Waals surface area contributed by atoms with Gasteiger partial charge in [0.2, 0.25) is 5.91 Å². The summed E-state index contributed by atoms with van der Waals surface area (Å²) in [7, 11) is 0. The molecule has 2 aliphatic rings. The summed E-state index contributed by atoms with van der Waals surface area (Å²) in [5.74, 6) is 1.87. The molecule has 0 saturated heterocycles.